The van der Waals surface area contributed by atoms with Gasteiger partial charge in [0.25, 0.3) is 0 Å². The van der Waals surface area contributed by atoms with Crippen molar-refractivity contribution >= 4 is 23.0 Å². The van der Waals surface area contributed by atoms with Gasteiger partial charge in [0.1, 0.15) is 6.04 Å². The van der Waals surface area contributed by atoms with Gasteiger partial charge in [-0.25, -0.2) is 0 Å². The van der Waals surface area contributed by atoms with Gasteiger partial charge < -0.3 is 21.3 Å². The molecule has 0 heterocycles. The maximum absolute atomic E-state index is 11.7. The third kappa shape index (κ3) is 13.6. The molecule has 0 aromatic carbocycles. The zero-order valence-electron chi connectivity index (χ0n) is 14.8. The SMILES string of the molecule is CCCCCCCC(OC(=O)[C@@H](N)CCC(=O)ON)S(=O)[O-].[H-].[K+]. The van der Waals surface area contributed by atoms with E-state index < -0.39 is 34.5 Å². The number of esters is 1. The summed E-state index contributed by atoms with van der Waals surface area (Å²) in [5.41, 5.74) is 4.33. The normalized spacial score (nSPS) is 14.3. The smallest absolute Gasteiger partial charge is 1.00 e. The van der Waals surface area contributed by atoms with E-state index >= 15 is 0 Å². The fraction of sp³-hybridized carbons (Fsp3) is 0.846. The zero-order chi connectivity index (χ0) is 17.0. The van der Waals surface area contributed by atoms with E-state index in [2.05, 4.69) is 17.7 Å². The molecule has 2 unspecified atom stereocenters. The van der Waals surface area contributed by atoms with E-state index in [4.69, 9.17) is 10.5 Å². The summed E-state index contributed by atoms with van der Waals surface area (Å²) in [6.45, 7) is 2.08. The number of nitrogens with two attached hydrogens (primary N) is 2. The Morgan fingerprint density at radius 2 is 1.83 bits per heavy atom. The summed E-state index contributed by atoms with van der Waals surface area (Å²) in [6, 6.07) is -1.09. The van der Waals surface area contributed by atoms with Gasteiger partial charge in [-0.3, -0.25) is 13.8 Å². The Hall–Kier alpha value is 0.606. The van der Waals surface area contributed by atoms with Crippen molar-refractivity contribution in [3.05, 3.63) is 0 Å². The van der Waals surface area contributed by atoms with Crippen molar-refractivity contribution in [2.75, 3.05) is 0 Å². The van der Waals surface area contributed by atoms with Crippen molar-refractivity contribution < 1.29 is 80.7 Å². The molecular weight excluding hydrogens is 351 g/mol. The standard InChI is InChI=1S/C13H26N2O6S.K.H/c1-2-3-4-5-6-7-12(22(18)19)20-13(17)10(14)8-9-11(16)21-15;;/h10,12H,2-9,14-15H2,1H3,(H,18,19);;/q;+1;-1/p-1/t10-,12?;;/m0../s1. The maximum atomic E-state index is 11.7. The van der Waals surface area contributed by atoms with E-state index in [0.717, 1.165) is 25.7 Å². The quantitative estimate of drug-likeness (QED) is 0.127. The Labute approximate surface area is 183 Å². The second-order valence-electron chi connectivity index (χ2n) is 4.96. The van der Waals surface area contributed by atoms with Crippen molar-refractivity contribution in [3.63, 3.8) is 0 Å². The summed E-state index contributed by atoms with van der Waals surface area (Å²) in [5, 5.41) is 0. The first-order valence-corrected chi connectivity index (χ1v) is 8.49. The molecule has 0 fully saturated rings. The minimum atomic E-state index is -2.52. The zero-order valence-corrected chi connectivity index (χ0v) is 17.8. The average molecular weight is 378 g/mol. The van der Waals surface area contributed by atoms with E-state index in [1.54, 1.807) is 0 Å². The molecule has 132 valence electrons. The van der Waals surface area contributed by atoms with Gasteiger partial charge in [0, 0.05) is 6.42 Å². The van der Waals surface area contributed by atoms with Gasteiger partial charge in [-0.15, -0.1) is 0 Å². The number of unbranched alkanes of at least 4 members (excludes halogenated alkanes) is 4. The summed E-state index contributed by atoms with van der Waals surface area (Å²) < 4.78 is 27.0. The number of hydrogen-bond donors (Lipinski definition) is 2. The minimum Gasteiger partial charge on any atom is -1.00 e. The molecule has 0 bridgehead atoms. The number of carbonyl (C=O) groups is 2. The van der Waals surface area contributed by atoms with Gasteiger partial charge in [0.05, 0.1) is 0 Å². The Kier molecular flexibility index (Phi) is 18.1. The summed E-state index contributed by atoms with van der Waals surface area (Å²) >= 11 is -2.52. The van der Waals surface area contributed by atoms with Crippen molar-refractivity contribution in [3.8, 4) is 0 Å². The van der Waals surface area contributed by atoms with E-state index in [0.29, 0.717) is 6.42 Å². The molecular formula is C13H26KN2O6S-. The Morgan fingerprint density at radius 1 is 1.22 bits per heavy atom. The second-order valence-corrected chi connectivity index (χ2v) is 6.01. The molecule has 0 aromatic heterocycles. The number of carbonyl (C=O) groups excluding carboxylic acids is 2. The van der Waals surface area contributed by atoms with E-state index in [1.165, 1.54) is 0 Å². The van der Waals surface area contributed by atoms with Gasteiger partial charge in [0.2, 0.25) is 0 Å². The van der Waals surface area contributed by atoms with E-state index in [9.17, 15) is 18.4 Å². The fourth-order valence-corrected chi connectivity index (χ4v) is 2.31. The molecule has 0 spiro atoms. The van der Waals surface area contributed by atoms with Crippen LogP contribution in [0.1, 0.15) is 59.7 Å². The number of ether oxygens (including phenoxy) is 1. The van der Waals surface area contributed by atoms with Crippen molar-refractivity contribution in [1.29, 1.82) is 0 Å². The number of rotatable bonds is 12. The molecule has 0 aromatic rings. The molecule has 3 atom stereocenters. The van der Waals surface area contributed by atoms with Crippen LogP contribution in [-0.4, -0.2) is 32.2 Å². The van der Waals surface area contributed by atoms with Crippen LogP contribution >= 0.6 is 0 Å². The van der Waals surface area contributed by atoms with Crippen LogP contribution in [0, 0.1) is 0 Å². The van der Waals surface area contributed by atoms with E-state index in [1.807, 2.05) is 0 Å². The fourth-order valence-electron chi connectivity index (χ4n) is 1.78. The molecule has 8 nitrogen and oxygen atoms in total. The molecule has 0 rings (SSSR count). The van der Waals surface area contributed by atoms with Gasteiger partial charge in [-0.05, 0) is 30.3 Å². The predicted octanol–water partition coefficient (Wildman–Crippen LogP) is -2.26. The van der Waals surface area contributed by atoms with Crippen LogP contribution in [0.4, 0.5) is 0 Å². The van der Waals surface area contributed by atoms with Gasteiger partial charge >= 0.3 is 63.3 Å². The van der Waals surface area contributed by atoms with Crippen LogP contribution in [0.5, 0.6) is 0 Å². The van der Waals surface area contributed by atoms with Gasteiger partial charge in [-0.1, -0.05) is 32.6 Å². The van der Waals surface area contributed by atoms with Crippen LogP contribution in [0.25, 0.3) is 0 Å². The summed E-state index contributed by atoms with van der Waals surface area (Å²) in [7, 11) is 0. The van der Waals surface area contributed by atoms with Crippen LogP contribution < -0.4 is 63.0 Å². The minimum absolute atomic E-state index is 0. The van der Waals surface area contributed by atoms with Crippen LogP contribution in [0.3, 0.4) is 0 Å². The molecule has 10 heteroatoms. The first kappa shape index (κ1) is 25.8. The topological polar surface area (TPSA) is 145 Å². The molecule has 23 heavy (non-hydrogen) atoms. The molecule has 0 saturated carbocycles. The average Bonchev–Trinajstić information content (AvgIpc) is 2.50. The summed E-state index contributed by atoms with van der Waals surface area (Å²) in [6.07, 6.45) is 4.80. The monoisotopic (exact) mass is 377 g/mol. The number of hydrogen-bond acceptors (Lipinski definition) is 8. The molecule has 0 aliphatic heterocycles. The van der Waals surface area contributed by atoms with Gasteiger partial charge in [-0.2, -0.15) is 5.90 Å². The molecule has 4 N–H and O–H groups in total. The van der Waals surface area contributed by atoms with Crippen LogP contribution in [0.2, 0.25) is 0 Å². The van der Waals surface area contributed by atoms with E-state index in [-0.39, 0.29) is 72.1 Å². The Morgan fingerprint density at radius 3 is 2.35 bits per heavy atom. The molecule has 0 amide bonds. The molecule has 0 saturated heterocycles. The third-order valence-corrected chi connectivity index (χ3v) is 3.86. The van der Waals surface area contributed by atoms with Crippen LogP contribution in [-0.2, 0) is 30.2 Å². The van der Waals surface area contributed by atoms with Gasteiger partial charge in [0.15, 0.2) is 5.44 Å². The van der Waals surface area contributed by atoms with Crippen molar-refractivity contribution in [2.45, 2.75) is 69.8 Å². The molecule has 0 aliphatic rings. The largest absolute Gasteiger partial charge is 1.00 e. The van der Waals surface area contributed by atoms with Crippen molar-refractivity contribution in [2.24, 2.45) is 11.6 Å². The van der Waals surface area contributed by atoms with Crippen molar-refractivity contribution in [1.82, 2.24) is 0 Å². The molecule has 0 aliphatic carbocycles. The summed E-state index contributed by atoms with van der Waals surface area (Å²) in [5.74, 6) is 3.10. The predicted molar refractivity (Wildman–Crippen MR) is 80.8 cm³/mol. The first-order valence-electron chi connectivity index (χ1n) is 7.36. The Balaban J connectivity index is -0.00000220. The summed E-state index contributed by atoms with van der Waals surface area (Å²) in [4.78, 5) is 26.5. The maximum Gasteiger partial charge on any atom is 1.00 e. The Bertz CT molecular complexity index is 378. The first-order chi connectivity index (χ1) is 10.4. The second kappa shape index (κ2) is 16.1. The third-order valence-electron chi connectivity index (χ3n) is 3.10. The molecule has 0 radical (unpaired) electrons. The van der Waals surface area contributed by atoms with Crippen LogP contribution in [0.15, 0.2) is 0 Å².